The van der Waals surface area contributed by atoms with Crippen LogP contribution in [0.15, 0.2) is 12.7 Å². The highest BCUT2D eigenvalue weighted by Crippen LogP contribution is 2.33. The molecular formula is C14H22N6O6S. The zero-order valence-corrected chi connectivity index (χ0v) is 15.7. The number of imidazole rings is 1. The van der Waals surface area contributed by atoms with E-state index in [1.807, 2.05) is 18.7 Å². The molecule has 1 saturated heterocycles. The van der Waals surface area contributed by atoms with Crippen LogP contribution in [0.5, 0.6) is 0 Å². The number of nitrogens with zero attached hydrogens (tertiary/aromatic N) is 5. The monoisotopic (exact) mass is 402 g/mol. The van der Waals surface area contributed by atoms with Crippen LogP contribution in [0, 0.1) is 0 Å². The number of hydrogen-bond donors (Lipinski definition) is 3. The van der Waals surface area contributed by atoms with E-state index in [2.05, 4.69) is 19.1 Å². The second kappa shape index (κ2) is 7.61. The molecule has 1 aliphatic rings. The van der Waals surface area contributed by atoms with Crippen molar-refractivity contribution in [1.82, 2.24) is 19.5 Å². The van der Waals surface area contributed by atoms with Gasteiger partial charge in [0, 0.05) is 13.1 Å². The average Bonchev–Trinajstić information content (AvgIpc) is 3.16. The minimum absolute atomic E-state index is 0.413. The van der Waals surface area contributed by atoms with E-state index in [-0.39, 0.29) is 0 Å². The summed E-state index contributed by atoms with van der Waals surface area (Å²) in [5.41, 5.74) is 0.937. The van der Waals surface area contributed by atoms with Gasteiger partial charge in [-0.1, -0.05) is 0 Å². The van der Waals surface area contributed by atoms with Crippen LogP contribution in [0.3, 0.4) is 0 Å². The third-order valence-electron chi connectivity index (χ3n) is 4.41. The summed E-state index contributed by atoms with van der Waals surface area (Å²) in [6.45, 7) is 4.91. The van der Waals surface area contributed by atoms with E-state index in [1.165, 1.54) is 17.2 Å². The number of aliphatic hydroxyl groups is 2. The predicted octanol–water partition coefficient (Wildman–Crippen LogP) is -1.49. The summed E-state index contributed by atoms with van der Waals surface area (Å²) in [5.74, 6) is 0.644. The molecule has 0 spiro atoms. The summed E-state index contributed by atoms with van der Waals surface area (Å²) < 4.78 is 33.4. The van der Waals surface area contributed by atoms with Crippen molar-refractivity contribution in [3.05, 3.63) is 12.7 Å². The van der Waals surface area contributed by atoms with Crippen molar-refractivity contribution in [2.45, 2.75) is 38.4 Å². The fourth-order valence-corrected chi connectivity index (χ4v) is 3.36. The molecule has 4 atom stereocenters. The molecule has 0 amide bonds. The van der Waals surface area contributed by atoms with E-state index >= 15 is 0 Å². The van der Waals surface area contributed by atoms with Crippen molar-refractivity contribution in [1.29, 1.82) is 0 Å². The molecule has 2 aromatic heterocycles. The number of rotatable bonds is 7. The number of nitrogens with two attached hydrogens (primary N) is 1. The Hall–Kier alpha value is -1.90. The highest BCUT2D eigenvalue weighted by Gasteiger charge is 2.45. The Labute approximate surface area is 155 Å². The van der Waals surface area contributed by atoms with Gasteiger partial charge < -0.3 is 19.8 Å². The molecule has 3 rings (SSSR count). The maximum Gasteiger partial charge on any atom is 0.333 e. The molecule has 1 aliphatic heterocycles. The largest absolute Gasteiger partial charge is 0.387 e. The first-order valence-corrected chi connectivity index (χ1v) is 9.85. The van der Waals surface area contributed by atoms with Gasteiger partial charge in [0.05, 0.1) is 12.9 Å². The highest BCUT2D eigenvalue weighted by atomic mass is 32.2. The highest BCUT2D eigenvalue weighted by molar-refractivity contribution is 7.84. The second-order valence-electron chi connectivity index (χ2n) is 6.02. The fourth-order valence-electron chi connectivity index (χ4n) is 3.04. The van der Waals surface area contributed by atoms with E-state index in [1.54, 1.807) is 0 Å². The molecule has 1 fully saturated rings. The molecule has 12 nitrogen and oxygen atoms in total. The first-order valence-electron chi connectivity index (χ1n) is 8.38. The summed E-state index contributed by atoms with van der Waals surface area (Å²) in [6.07, 6.45) is -2.03. The van der Waals surface area contributed by atoms with Crippen LogP contribution in [0.1, 0.15) is 20.1 Å². The zero-order valence-electron chi connectivity index (χ0n) is 14.8. The van der Waals surface area contributed by atoms with Crippen molar-refractivity contribution in [2.24, 2.45) is 5.14 Å². The smallest absolute Gasteiger partial charge is 0.333 e. The molecule has 2 aromatic rings. The lowest BCUT2D eigenvalue weighted by Gasteiger charge is -2.20. The topological polar surface area (TPSA) is 166 Å². The summed E-state index contributed by atoms with van der Waals surface area (Å²) in [4.78, 5) is 14.8. The maximum atomic E-state index is 10.9. The van der Waals surface area contributed by atoms with Gasteiger partial charge in [0.2, 0.25) is 0 Å². The first kappa shape index (κ1) is 19.9. The molecule has 0 radical (unpaired) electrons. The molecule has 3 heterocycles. The zero-order chi connectivity index (χ0) is 19.8. The average molecular weight is 402 g/mol. The van der Waals surface area contributed by atoms with Crippen molar-refractivity contribution in [3.8, 4) is 0 Å². The molecule has 13 heteroatoms. The predicted molar refractivity (Wildman–Crippen MR) is 93.9 cm³/mol. The van der Waals surface area contributed by atoms with Crippen LogP contribution < -0.4 is 10.0 Å². The molecule has 150 valence electrons. The Balaban J connectivity index is 1.90. The number of anilines is 1. The Morgan fingerprint density at radius 1 is 1.26 bits per heavy atom. The van der Waals surface area contributed by atoms with Gasteiger partial charge in [0.15, 0.2) is 23.2 Å². The lowest BCUT2D eigenvalue weighted by molar-refractivity contribution is -0.0467. The molecule has 0 aromatic carbocycles. The number of aromatic nitrogens is 4. The van der Waals surface area contributed by atoms with Crippen LogP contribution in [-0.2, 0) is 19.2 Å². The van der Waals surface area contributed by atoms with Crippen molar-refractivity contribution >= 4 is 27.3 Å². The molecule has 0 bridgehead atoms. The summed E-state index contributed by atoms with van der Waals surface area (Å²) in [5, 5.41) is 25.3. The Kier molecular flexibility index (Phi) is 5.60. The van der Waals surface area contributed by atoms with Gasteiger partial charge in [-0.2, -0.15) is 8.42 Å². The molecular weight excluding hydrogens is 380 g/mol. The van der Waals surface area contributed by atoms with Gasteiger partial charge in [-0.15, -0.1) is 0 Å². The van der Waals surface area contributed by atoms with Crippen LogP contribution in [-0.4, -0.2) is 76.2 Å². The van der Waals surface area contributed by atoms with Crippen molar-refractivity contribution in [2.75, 3.05) is 24.6 Å². The van der Waals surface area contributed by atoms with Gasteiger partial charge in [0.1, 0.15) is 24.6 Å². The number of fused-ring (bicyclic) bond motifs is 1. The molecule has 0 unspecified atom stereocenters. The quantitative estimate of drug-likeness (QED) is 0.496. The Bertz CT molecular complexity index is 901. The summed E-state index contributed by atoms with van der Waals surface area (Å²) in [6, 6.07) is 0. The Morgan fingerprint density at radius 3 is 2.59 bits per heavy atom. The van der Waals surface area contributed by atoms with Gasteiger partial charge in [-0.25, -0.2) is 20.1 Å². The van der Waals surface area contributed by atoms with Crippen molar-refractivity contribution in [3.63, 3.8) is 0 Å². The lowest BCUT2D eigenvalue weighted by Crippen LogP contribution is -2.35. The minimum Gasteiger partial charge on any atom is -0.387 e. The maximum absolute atomic E-state index is 10.9. The number of ether oxygens (including phenoxy) is 1. The number of hydrogen-bond acceptors (Lipinski definition) is 10. The standard InChI is InChI=1S/C14H22N6O6S/c1-3-19(4-2)12-9-13(17-6-16-12)20(7-18-9)14-11(22)10(21)8(26-14)5-25-27(15,23)24/h6-8,10-11,14,21-22H,3-5H2,1-2H3,(H2,15,23,24)/t8-,10-,11-,14-/m1/s1. The van der Waals surface area contributed by atoms with E-state index in [0.29, 0.717) is 17.0 Å². The minimum atomic E-state index is -4.20. The second-order valence-corrected chi connectivity index (χ2v) is 7.24. The van der Waals surface area contributed by atoms with E-state index in [4.69, 9.17) is 9.88 Å². The summed E-state index contributed by atoms with van der Waals surface area (Å²) in [7, 11) is -4.20. The van der Waals surface area contributed by atoms with Crippen LogP contribution in [0.2, 0.25) is 0 Å². The lowest BCUT2D eigenvalue weighted by atomic mass is 10.1. The van der Waals surface area contributed by atoms with Crippen LogP contribution >= 0.6 is 0 Å². The number of aliphatic hydroxyl groups excluding tert-OH is 2. The molecule has 0 aliphatic carbocycles. The van der Waals surface area contributed by atoms with Gasteiger partial charge in [-0.3, -0.25) is 8.75 Å². The molecule has 4 N–H and O–H groups in total. The van der Waals surface area contributed by atoms with E-state index in [0.717, 1.165) is 13.1 Å². The van der Waals surface area contributed by atoms with Crippen molar-refractivity contribution < 1.29 is 27.6 Å². The first-order chi connectivity index (χ1) is 12.8. The molecule has 0 saturated carbocycles. The molecule has 27 heavy (non-hydrogen) atoms. The van der Waals surface area contributed by atoms with Gasteiger partial charge in [0.25, 0.3) is 0 Å². The fraction of sp³-hybridized carbons (Fsp3) is 0.643. The summed E-state index contributed by atoms with van der Waals surface area (Å²) >= 11 is 0. The van der Waals surface area contributed by atoms with Gasteiger partial charge in [-0.05, 0) is 13.8 Å². The normalized spacial score (nSPS) is 26.0. The van der Waals surface area contributed by atoms with E-state index < -0.39 is 41.5 Å². The van der Waals surface area contributed by atoms with Gasteiger partial charge >= 0.3 is 10.3 Å². The van der Waals surface area contributed by atoms with Crippen LogP contribution in [0.25, 0.3) is 11.2 Å². The SMILES string of the molecule is CCN(CC)c1ncnc2c1ncn2[C@@H]1O[C@H](COS(N)(=O)=O)[C@@H](O)[C@H]1O. The Morgan fingerprint density at radius 2 is 1.96 bits per heavy atom. The van der Waals surface area contributed by atoms with Crippen LogP contribution in [0.4, 0.5) is 5.82 Å². The van der Waals surface area contributed by atoms with E-state index in [9.17, 15) is 18.6 Å². The third-order valence-corrected chi connectivity index (χ3v) is 4.87. The third kappa shape index (κ3) is 3.88.